The maximum Gasteiger partial charge on any atom is 0.219 e. The van der Waals surface area contributed by atoms with Crippen molar-refractivity contribution in [2.75, 3.05) is 0 Å². The molecule has 5 heteroatoms. The topological polar surface area (TPSA) is 66.0 Å². The summed E-state index contributed by atoms with van der Waals surface area (Å²) in [5.41, 5.74) is 8.72. The molecule has 2 aromatic rings. The summed E-state index contributed by atoms with van der Waals surface area (Å²) in [6.07, 6.45) is 2.62. The van der Waals surface area contributed by atoms with Crippen LogP contribution in [0.2, 0.25) is 0 Å². The molecule has 0 spiro atoms. The minimum absolute atomic E-state index is 0.136. The van der Waals surface area contributed by atoms with Crippen LogP contribution in [0.25, 0.3) is 0 Å². The Morgan fingerprint density at radius 1 is 1.37 bits per heavy atom. The van der Waals surface area contributed by atoms with Crippen molar-refractivity contribution in [1.29, 1.82) is 0 Å². The predicted octanol–water partition coefficient (Wildman–Crippen LogP) is 2.11. The van der Waals surface area contributed by atoms with E-state index in [4.69, 9.17) is 10.5 Å². The van der Waals surface area contributed by atoms with Crippen molar-refractivity contribution in [2.45, 2.75) is 33.2 Å². The van der Waals surface area contributed by atoms with E-state index in [-0.39, 0.29) is 6.04 Å². The van der Waals surface area contributed by atoms with Gasteiger partial charge in [0.2, 0.25) is 5.88 Å². The van der Waals surface area contributed by atoms with E-state index in [0.717, 1.165) is 29.1 Å². The highest BCUT2D eigenvalue weighted by molar-refractivity contribution is 5.35. The van der Waals surface area contributed by atoms with Gasteiger partial charge in [-0.2, -0.15) is 5.10 Å². The molecule has 0 bridgehead atoms. The zero-order chi connectivity index (χ0) is 14.0. The highest BCUT2D eigenvalue weighted by Gasteiger charge is 2.12. The second kappa shape index (κ2) is 5.40. The van der Waals surface area contributed by atoms with Gasteiger partial charge in [-0.25, -0.2) is 4.98 Å². The smallest absolute Gasteiger partial charge is 0.219 e. The van der Waals surface area contributed by atoms with Crippen molar-refractivity contribution in [2.24, 2.45) is 12.8 Å². The molecule has 2 aromatic heterocycles. The molecule has 1 atom stereocenters. The van der Waals surface area contributed by atoms with Gasteiger partial charge in [-0.3, -0.25) is 4.68 Å². The monoisotopic (exact) mass is 260 g/mol. The van der Waals surface area contributed by atoms with Crippen LogP contribution >= 0.6 is 0 Å². The number of aryl methyl sites for hydroxylation is 2. The summed E-state index contributed by atoms with van der Waals surface area (Å²) < 4.78 is 7.60. The molecule has 0 amide bonds. The lowest BCUT2D eigenvalue weighted by atomic mass is 10.1. The molecule has 2 rings (SSSR count). The van der Waals surface area contributed by atoms with E-state index in [9.17, 15) is 0 Å². The van der Waals surface area contributed by atoms with Crippen LogP contribution in [0.4, 0.5) is 0 Å². The van der Waals surface area contributed by atoms with Crippen molar-refractivity contribution in [1.82, 2.24) is 14.8 Å². The third-order valence-electron chi connectivity index (χ3n) is 3.00. The molecule has 0 saturated heterocycles. The van der Waals surface area contributed by atoms with Gasteiger partial charge < -0.3 is 10.5 Å². The van der Waals surface area contributed by atoms with Crippen molar-refractivity contribution < 1.29 is 4.74 Å². The van der Waals surface area contributed by atoms with Crippen molar-refractivity contribution in [3.8, 4) is 11.6 Å². The van der Waals surface area contributed by atoms with Crippen molar-refractivity contribution >= 4 is 0 Å². The van der Waals surface area contributed by atoms with Crippen LogP contribution in [0.3, 0.4) is 0 Å². The lowest BCUT2D eigenvalue weighted by Crippen LogP contribution is -2.17. The van der Waals surface area contributed by atoms with Crippen LogP contribution in [-0.4, -0.2) is 20.8 Å². The average Bonchev–Trinajstić information content (AvgIpc) is 2.58. The van der Waals surface area contributed by atoms with E-state index in [1.807, 2.05) is 40.0 Å². The van der Waals surface area contributed by atoms with Crippen LogP contribution < -0.4 is 10.5 Å². The van der Waals surface area contributed by atoms with Gasteiger partial charge in [0.25, 0.3) is 0 Å². The van der Waals surface area contributed by atoms with Gasteiger partial charge in [0.05, 0.1) is 5.69 Å². The quantitative estimate of drug-likeness (QED) is 0.914. The largest absolute Gasteiger partial charge is 0.435 e. The van der Waals surface area contributed by atoms with Gasteiger partial charge in [-0.15, -0.1) is 0 Å². The molecular weight excluding hydrogens is 240 g/mol. The fraction of sp³-hybridized carbons (Fsp3) is 0.429. The fourth-order valence-electron chi connectivity index (χ4n) is 1.97. The SMILES string of the molecule is Cc1nn(C)c(C)c1Oc1ccc(CC(C)N)cn1. The Morgan fingerprint density at radius 3 is 2.58 bits per heavy atom. The molecule has 0 radical (unpaired) electrons. The van der Waals surface area contributed by atoms with Gasteiger partial charge in [-0.1, -0.05) is 6.07 Å². The summed E-state index contributed by atoms with van der Waals surface area (Å²) in [5, 5.41) is 4.31. The number of nitrogens with zero attached hydrogens (tertiary/aromatic N) is 3. The summed E-state index contributed by atoms with van der Waals surface area (Å²) in [5.74, 6) is 1.35. The Hall–Kier alpha value is -1.88. The van der Waals surface area contributed by atoms with Gasteiger partial charge in [0.1, 0.15) is 5.69 Å². The molecule has 2 heterocycles. The summed E-state index contributed by atoms with van der Waals surface area (Å²) >= 11 is 0. The first-order valence-corrected chi connectivity index (χ1v) is 6.36. The van der Waals surface area contributed by atoms with E-state index < -0.39 is 0 Å². The maximum absolute atomic E-state index is 5.80. The predicted molar refractivity (Wildman–Crippen MR) is 74.3 cm³/mol. The third kappa shape index (κ3) is 3.12. The number of pyridine rings is 1. The van der Waals surface area contributed by atoms with E-state index >= 15 is 0 Å². The Morgan fingerprint density at radius 2 is 2.11 bits per heavy atom. The van der Waals surface area contributed by atoms with Crippen LogP contribution in [-0.2, 0) is 13.5 Å². The van der Waals surface area contributed by atoms with Crippen LogP contribution in [0.5, 0.6) is 11.6 Å². The summed E-state index contributed by atoms with van der Waals surface area (Å²) in [6, 6.07) is 3.99. The van der Waals surface area contributed by atoms with Gasteiger partial charge >= 0.3 is 0 Å². The van der Waals surface area contributed by atoms with Gasteiger partial charge in [0.15, 0.2) is 5.75 Å². The zero-order valence-corrected chi connectivity index (χ0v) is 11.8. The summed E-state index contributed by atoms with van der Waals surface area (Å²) in [6.45, 7) is 5.87. The molecule has 0 aliphatic rings. The molecule has 102 valence electrons. The minimum Gasteiger partial charge on any atom is -0.435 e. The molecule has 0 aliphatic carbocycles. The molecule has 5 nitrogen and oxygen atoms in total. The molecule has 19 heavy (non-hydrogen) atoms. The van der Waals surface area contributed by atoms with Gasteiger partial charge in [0, 0.05) is 25.4 Å². The molecule has 2 N–H and O–H groups in total. The molecule has 0 saturated carbocycles. The van der Waals surface area contributed by atoms with Gasteiger partial charge in [-0.05, 0) is 32.8 Å². The Balaban J connectivity index is 2.15. The lowest BCUT2D eigenvalue weighted by Gasteiger charge is -2.07. The second-order valence-electron chi connectivity index (χ2n) is 4.91. The molecular formula is C14H20N4O. The maximum atomic E-state index is 5.80. The molecule has 1 unspecified atom stereocenters. The zero-order valence-electron chi connectivity index (χ0n) is 11.8. The Bertz CT molecular complexity index is 558. The number of rotatable bonds is 4. The number of ether oxygens (including phenoxy) is 1. The lowest BCUT2D eigenvalue weighted by molar-refractivity contribution is 0.454. The van der Waals surface area contributed by atoms with E-state index in [2.05, 4.69) is 10.1 Å². The molecule has 0 fully saturated rings. The molecule has 0 aromatic carbocycles. The van der Waals surface area contributed by atoms with E-state index in [1.54, 1.807) is 10.9 Å². The summed E-state index contributed by atoms with van der Waals surface area (Å²) in [4.78, 5) is 4.30. The van der Waals surface area contributed by atoms with E-state index in [1.165, 1.54) is 0 Å². The minimum atomic E-state index is 0.136. The Labute approximate surface area is 113 Å². The van der Waals surface area contributed by atoms with Crippen LogP contribution in [0, 0.1) is 13.8 Å². The first kappa shape index (κ1) is 13.5. The van der Waals surface area contributed by atoms with E-state index in [0.29, 0.717) is 5.88 Å². The second-order valence-corrected chi connectivity index (χ2v) is 4.91. The number of aromatic nitrogens is 3. The summed E-state index contributed by atoms with van der Waals surface area (Å²) in [7, 11) is 1.90. The highest BCUT2D eigenvalue weighted by atomic mass is 16.5. The number of hydrogen-bond donors (Lipinski definition) is 1. The third-order valence-corrected chi connectivity index (χ3v) is 3.00. The Kier molecular flexibility index (Phi) is 3.85. The number of hydrogen-bond acceptors (Lipinski definition) is 4. The average molecular weight is 260 g/mol. The normalized spacial score (nSPS) is 12.5. The first-order chi connectivity index (χ1) is 8.97. The standard InChI is InChI=1S/C14H20N4O/c1-9(15)7-12-5-6-13(16-8-12)19-14-10(2)17-18(4)11(14)3/h5-6,8-9H,7,15H2,1-4H3. The first-order valence-electron chi connectivity index (χ1n) is 6.36. The number of nitrogens with two attached hydrogens (primary N) is 1. The van der Waals surface area contributed by atoms with Crippen molar-refractivity contribution in [3.63, 3.8) is 0 Å². The fourth-order valence-corrected chi connectivity index (χ4v) is 1.97. The molecule has 0 aliphatic heterocycles. The van der Waals surface area contributed by atoms with Crippen molar-refractivity contribution in [3.05, 3.63) is 35.3 Å². The van der Waals surface area contributed by atoms with Crippen LogP contribution in [0.15, 0.2) is 18.3 Å². The van der Waals surface area contributed by atoms with Crippen LogP contribution in [0.1, 0.15) is 23.9 Å². The highest BCUT2D eigenvalue weighted by Crippen LogP contribution is 2.26.